The Labute approximate surface area is 319 Å². The van der Waals surface area contributed by atoms with Gasteiger partial charge in [0.1, 0.15) is 12.6 Å². The van der Waals surface area contributed by atoms with Crippen molar-refractivity contribution in [3.05, 3.63) is 203 Å². The molecule has 0 spiro atoms. The summed E-state index contributed by atoms with van der Waals surface area (Å²) in [6.07, 6.45) is 1.25. The zero-order valence-electron chi connectivity index (χ0n) is 30.2. The largest absolute Gasteiger partial charge is 0.449 e. The molecule has 1 aliphatic rings. The fraction of sp³-hybridized carbons (Fsp3) is 0.128. The van der Waals surface area contributed by atoms with Crippen LogP contribution in [-0.4, -0.2) is 42.7 Å². The maximum Gasteiger partial charge on any atom is 0.407 e. The van der Waals surface area contributed by atoms with E-state index in [0.29, 0.717) is 22.3 Å². The van der Waals surface area contributed by atoms with Crippen LogP contribution in [0.15, 0.2) is 164 Å². The Morgan fingerprint density at radius 2 is 1.22 bits per heavy atom. The summed E-state index contributed by atoms with van der Waals surface area (Å²) >= 11 is 0. The summed E-state index contributed by atoms with van der Waals surface area (Å²) in [6, 6.07) is 48.9. The topological polar surface area (TPSA) is 110 Å². The minimum Gasteiger partial charge on any atom is -0.449 e. The van der Waals surface area contributed by atoms with E-state index in [1.54, 1.807) is 31.3 Å². The SMILES string of the molecule is CNC(=O)c1ccc(C(OC(=O)[C@H](Cc2c[nH]c3ccccc23)NC(=O)OCC2c3ccccc3-c3ccccc32)(c2ccccc2)c2ccccc2)cc1. The first kappa shape index (κ1) is 35.1. The summed E-state index contributed by atoms with van der Waals surface area (Å²) in [5.41, 5.74) is 7.16. The van der Waals surface area contributed by atoms with Gasteiger partial charge in [0, 0.05) is 58.7 Å². The average Bonchev–Trinajstić information content (AvgIpc) is 3.80. The fourth-order valence-electron chi connectivity index (χ4n) is 7.74. The van der Waals surface area contributed by atoms with Crippen LogP contribution in [0.1, 0.15) is 49.7 Å². The summed E-state index contributed by atoms with van der Waals surface area (Å²) in [7, 11) is 1.58. The second kappa shape index (κ2) is 15.2. The third-order valence-corrected chi connectivity index (χ3v) is 10.4. The second-order valence-corrected chi connectivity index (χ2v) is 13.6. The number of esters is 1. The third kappa shape index (κ3) is 6.74. The first-order chi connectivity index (χ1) is 27.0. The summed E-state index contributed by atoms with van der Waals surface area (Å²) in [5, 5.41) is 6.49. The van der Waals surface area contributed by atoms with Crippen LogP contribution in [0.2, 0.25) is 0 Å². The highest BCUT2D eigenvalue weighted by molar-refractivity contribution is 5.94. The van der Waals surface area contributed by atoms with Crippen LogP contribution >= 0.6 is 0 Å². The minimum absolute atomic E-state index is 0.0877. The molecule has 2 amide bonds. The molecule has 0 bridgehead atoms. The molecule has 0 saturated heterocycles. The lowest BCUT2D eigenvalue weighted by Gasteiger charge is -2.36. The van der Waals surface area contributed by atoms with Crippen LogP contribution in [0.3, 0.4) is 0 Å². The molecule has 8 nitrogen and oxygen atoms in total. The number of hydrogen-bond donors (Lipinski definition) is 3. The second-order valence-electron chi connectivity index (χ2n) is 13.6. The molecule has 1 atom stereocenters. The van der Waals surface area contributed by atoms with E-state index in [-0.39, 0.29) is 24.9 Å². The van der Waals surface area contributed by atoms with Crippen LogP contribution in [0.25, 0.3) is 22.0 Å². The van der Waals surface area contributed by atoms with Gasteiger partial charge >= 0.3 is 12.1 Å². The zero-order valence-corrected chi connectivity index (χ0v) is 30.2. The molecule has 55 heavy (non-hydrogen) atoms. The van der Waals surface area contributed by atoms with Gasteiger partial charge in [-0.05, 0) is 46.0 Å². The van der Waals surface area contributed by atoms with E-state index in [0.717, 1.165) is 38.7 Å². The predicted molar refractivity (Wildman–Crippen MR) is 213 cm³/mol. The summed E-state index contributed by atoms with van der Waals surface area (Å²) in [5.74, 6) is -1.06. The van der Waals surface area contributed by atoms with Gasteiger partial charge in [0.15, 0.2) is 5.60 Å². The molecule has 1 aliphatic carbocycles. The number of carbonyl (C=O) groups excluding carboxylic acids is 3. The van der Waals surface area contributed by atoms with Gasteiger partial charge in [-0.25, -0.2) is 9.59 Å². The zero-order chi connectivity index (χ0) is 37.8. The van der Waals surface area contributed by atoms with Crippen LogP contribution in [0.5, 0.6) is 0 Å². The van der Waals surface area contributed by atoms with Crippen molar-refractivity contribution in [1.82, 2.24) is 15.6 Å². The summed E-state index contributed by atoms with van der Waals surface area (Å²) in [6.45, 7) is 0.0877. The van der Waals surface area contributed by atoms with E-state index in [2.05, 4.69) is 39.9 Å². The maximum absolute atomic E-state index is 14.9. The normalized spacial score (nSPS) is 12.7. The van der Waals surface area contributed by atoms with E-state index in [9.17, 15) is 14.4 Å². The van der Waals surface area contributed by atoms with Gasteiger partial charge in [-0.15, -0.1) is 0 Å². The minimum atomic E-state index is -1.46. The highest BCUT2D eigenvalue weighted by Crippen LogP contribution is 2.45. The van der Waals surface area contributed by atoms with Crippen molar-refractivity contribution < 1.29 is 23.9 Å². The molecule has 1 heterocycles. The van der Waals surface area contributed by atoms with E-state index >= 15 is 0 Å². The monoisotopic (exact) mass is 725 g/mol. The number of nitrogens with one attached hydrogen (secondary N) is 3. The lowest BCUT2D eigenvalue weighted by atomic mass is 9.79. The summed E-state index contributed by atoms with van der Waals surface area (Å²) < 4.78 is 12.8. The molecule has 8 heteroatoms. The van der Waals surface area contributed by atoms with Gasteiger partial charge in [-0.3, -0.25) is 4.79 Å². The number of carbonyl (C=O) groups is 3. The van der Waals surface area contributed by atoms with Crippen molar-refractivity contribution in [1.29, 1.82) is 0 Å². The molecule has 6 aromatic carbocycles. The van der Waals surface area contributed by atoms with Crippen LogP contribution in [0.4, 0.5) is 4.79 Å². The van der Waals surface area contributed by atoms with Gasteiger partial charge in [0.2, 0.25) is 0 Å². The molecule has 0 saturated carbocycles. The number of para-hydroxylation sites is 1. The molecule has 7 aromatic rings. The van der Waals surface area contributed by atoms with Gasteiger partial charge in [-0.1, -0.05) is 140 Å². The lowest BCUT2D eigenvalue weighted by Crippen LogP contribution is -2.47. The van der Waals surface area contributed by atoms with Crippen molar-refractivity contribution in [2.45, 2.75) is 24.0 Å². The fourth-order valence-corrected chi connectivity index (χ4v) is 7.74. The number of benzene rings is 6. The Morgan fingerprint density at radius 1 is 0.673 bits per heavy atom. The molecule has 272 valence electrons. The van der Waals surface area contributed by atoms with Crippen LogP contribution < -0.4 is 10.6 Å². The highest BCUT2D eigenvalue weighted by Gasteiger charge is 2.43. The number of fused-ring (bicyclic) bond motifs is 4. The molecule has 3 N–H and O–H groups in total. The molecule has 0 unspecified atom stereocenters. The van der Waals surface area contributed by atoms with E-state index in [4.69, 9.17) is 9.47 Å². The van der Waals surface area contributed by atoms with Crippen molar-refractivity contribution in [3.63, 3.8) is 0 Å². The first-order valence-corrected chi connectivity index (χ1v) is 18.3. The van der Waals surface area contributed by atoms with E-state index in [1.807, 2.05) is 115 Å². The number of hydrogen-bond acceptors (Lipinski definition) is 5. The third-order valence-electron chi connectivity index (χ3n) is 10.4. The average molecular weight is 726 g/mol. The molecule has 1 aromatic heterocycles. The number of amides is 2. The number of alkyl carbamates (subject to hydrolysis) is 1. The van der Waals surface area contributed by atoms with Crippen molar-refractivity contribution >= 4 is 28.9 Å². The summed E-state index contributed by atoms with van der Waals surface area (Å²) in [4.78, 5) is 44.6. The van der Waals surface area contributed by atoms with Gasteiger partial charge in [0.05, 0.1) is 0 Å². The standard InChI is InChI=1S/C47H39N3O5/c1-48-44(51)31-24-26-35(27-25-31)47(33-14-4-2-5-15-33,34-16-6-3-7-17-34)55-45(52)43(28-32-29-49-42-23-13-12-18-36(32)42)50-46(53)54-30-41-39-21-10-8-19-37(39)38-20-9-11-22-40(38)41/h2-27,29,41,43,49H,28,30H2,1H3,(H,48,51)(H,50,53)/t43-/m0/s1. The van der Waals surface area contributed by atoms with E-state index < -0.39 is 23.7 Å². The quantitative estimate of drug-likeness (QED) is 0.0916. The van der Waals surface area contributed by atoms with Crippen molar-refractivity contribution in [3.8, 4) is 11.1 Å². The molecule has 8 rings (SSSR count). The van der Waals surface area contributed by atoms with Gasteiger partial charge in [-0.2, -0.15) is 0 Å². The first-order valence-electron chi connectivity index (χ1n) is 18.3. The predicted octanol–water partition coefficient (Wildman–Crippen LogP) is 8.51. The smallest absolute Gasteiger partial charge is 0.407 e. The van der Waals surface area contributed by atoms with Gasteiger partial charge < -0.3 is 25.1 Å². The molecular formula is C47H39N3O5. The Morgan fingerprint density at radius 3 is 1.84 bits per heavy atom. The molecular weight excluding hydrogens is 687 g/mol. The van der Waals surface area contributed by atoms with Gasteiger partial charge in [0.25, 0.3) is 5.91 Å². The maximum atomic E-state index is 14.9. The number of ether oxygens (including phenoxy) is 2. The molecule has 0 fully saturated rings. The highest BCUT2D eigenvalue weighted by atomic mass is 16.6. The van der Waals surface area contributed by atoms with Crippen LogP contribution in [-0.2, 0) is 26.3 Å². The van der Waals surface area contributed by atoms with E-state index in [1.165, 1.54) is 0 Å². The Kier molecular flexibility index (Phi) is 9.71. The molecule has 0 aliphatic heterocycles. The Bertz CT molecular complexity index is 2390. The number of aromatic amines is 1. The lowest BCUT2D eigenvalue weighted by molar-refractivity contribution is -0.156. The number of rotatable bonds is 11. The Hall–Kier alpha value is -6.93. The Balaban J connectivity index is 1.15. The molecule has 0 radical (unpaired) electrons. The van der Waals surface area contributed by atoms with Crippen molar-refractivity contribution in [2.75, 3.05) is 13.7 Å². The number of aromatic nitrogens is 1. The van der Waals surface area contributed by atoms with Crippen molar-refractivity contribution in [2.24, 2.45) is 0 Å². The van der Waals surface area contributed by atoms with Crippen LogP contribution in [0, 0.1) is 0 Å². The number of H-pyrrole nitrogens is 1.